The fourth-order valence-electron chi connectivity index (χ4n) is 3.60. The quantitative estimate of drug-likeness (QED) is 0.916. The molecule has 1 aliphatic carbocycles. The molecule has 5 heteroatoms. The molecule has 1 saturated heterocycles. The molecule has 0 spiro atoms. The maximum atomic E-state index is 12.4. The van der Waals surface area contributed by atoms with E-state index in [9.17, 15) is 4.79 Å². The summed E-state index contributed by atoms with van der Waals surface area (Å²) < 4.78 is 0. The Kier molecular flexibility index (Phi) is 3.47. The lowest BCUT2D eigenvalue weighted by atomic mass is 10.0. The van der Waals surface area contributed by atoms with Crippen LogP contribution in [0.3, 0.4) is 0 Å². The number of aryl methyl sites for hydroxylation is 1. The molecule has 2 aliphatic rings. The van der Waals surface area contributed by atoms with Crippen molar-refractivity contribution in [2.24, 2.45) is 5.92 Å². The summed E-state index contributed by atoms with van der Waals surface area (Å²) in [5.41, 5.74) is 2.36. The summed E-state index contributed by atoms with van der Waals surface area (Å²) in [5.74, 6) is 0.562. The molecule has 2 fully saturated rings. The summed E-state index contributed by atoms with van der Waals surface area (Å²) in [5, 5.41) is 7.21. The van der Waals surface area contributed by atoms with E-state index in [0.717, 1.165) is 23.4 Å². The number of carbonyl (C=O) groups excluding carboxylic acids is 1. The Morgan fingerprint density at radius 2 is 2.23 bits per heavy atom. The fourth-order valence-corrected chi connectivity index (χ4v) is 4.50. The molecule has 2 N–H and O–H groups in total. The van der Waals surface area contributed by atoms with E-state index < -0.39 is 0 Å². The Bertz CT molecular complexity index is 711. The van der Waals surface area contributed by atoms with Crippen LogP contribution in [0.5, 0.6) is 0 Å². The summed E-state index contributed by atoms with van der Waals surface area (Å²) in [4.78, 5) is 17.8. The number of aromatic nitrogens is 1. The average molecular weight is 313 g/mol. The van der Waals surface area contributed by atoms with Crippen LogP contribution >= 0.6 is 11.3 Å². The van der Waals surface area contributed by atoms with E-state index in [-0.39, 0.29) is 5.91 Å². The van der Waals surface area contributed by atoms with Crippen molar-refractivity contribution in [3.63, 3.8) is 0 Å². The van der Waals surface area contributed by atoms with Crippen LogP contribution in [0.25, 0.3) is 10.4 Å². The highest BCUT2D eigenvalue weighted by Gasteiger charge is 2.40. The van der Waals surface area contributed by atoms with Crippen LogP contribution in [0.2, 0.25) is 0 Å². The van der Waals surface area contributed by atoms with Crippen LogP contribution in [0, 0.1) is 12.8 Å². The van der Waals surface area contributed by atoms with E-state index in [1.165, 1.54) is 23.3 Å². The summed E-state index contributed by atoms with van der Waals surface area (Å²) in [6.45, 7) is 3.11. The Balaban J connectivity index is 1.49. The highest BCUT2D eigenvalue weighted by Crippen LogP contribution is 2.32. The van der Waals surface area contributed by atoms with Crippen molar-refractivity contribution >= 4 is 17.2 Å². The van der Waals surface area contributed by atoms with Gasteiger partial charge in [0.2, 0.25) is 0 Å². The highest BCUT2D eigenvalue weighted by molar-refractivity contribution is 7.17. The zero-order chi connectivity index (χ0) is 15.1. The maximum Gasteiger partial charge on any atom is 0.280 e. The Labute approximate surface area is 134 Å². The first kappa shape index (κ1) is 13.9. The summed E-state index contributed by atoms with van der Waals surface area (Å²) in [6, 6.07) is 9.10. The number of hydrogen-bond donors (Lipinski definition) is 2. The van der Waals surface area contributed by atoms with Crippen molar-refractivity contribution in [2.45, 2.75) is 31.8 Å². The van der Waals surface area contributed by atoms with E-state index in [4.69, 9.17) is 0 Å². The molecule has 2 aromatic rings. The molecule has 1 aliphatic heterocycles. The van der Waals surface area contributed by atoms with Gasteiger partial charge in [0.05, 0.1) is 4.88 Å². The van der Waals surface area contributed by atoms with Gasteiger partial charge in [0, 0.05) is 24.8 Å². The van der Waals surface area contributed by atoms with Gasteiger partial charge in [-0.05, 0) is 36.8 Å². The largest absolute Gasteiger partial charge is 0.347 e. The standard InChI is InChI=1S/C17H19N3OS/c1-10-4-2-3-5-13(10)15-9-19-17(22-15)16(21)20-14-7-12-6-11(14)8-18-12/h2-5,9,11-12,14,18H,6-8H2,1H3,(H,20,21). The molecule has 3 unspecified atom stereocenters. The molecule has 1 aromatic carbocycles. The second-order valence-corrected chi connectivity index (χ2v) is 7.29. The third-order valence-corrected chi connectivity index (χ3v) is 5.82. The van der Waals surface area contributed by atoms with E-state index in [2.05, 4.69) is 34.7 Å². The third-order valence-electron chi connectivity index (χ3n) is 4.79. The number of thiazole rings is 1. The Morgan fingerprint density at radius 1 is 1.36 bits per heavy atom. The number of nitrogens with zero attached hydrogens (tertiary/aromatic N) is 1. The Morgan fingerprint density at radius 3 is 2.95 bits per heavy atom. The van der Waals surface area contributed by atoms with E-state index in [1.54, 1.807) is 0 Å². The lowest BCUT2D eigenvalue weighted by Crippen LogP contribution is -2.44. The molecule has 114 valence electrons. The first-order chi connectivity index (χ1) is 10.7. The van der Waals surface area contributed by atoms with Gasteiger partial charge < -0.3 is 10.6 Å². The van der Waals surface area contributed by atoms with Crippen molar-refractivity contribution in [2.75, 3.05) is 6.54 Å². The van der Waals surface area contributed by atoms with Gasteiger partial charge in [0.25, 0.3) is 5.91 Å². The van der Waals surface area contributed by atoms with Gasteiger partial charge in [-0.25, -0.2) is 4.98 Å². The molecule has 2 bridgehead atoms. The first-order valence-corrected chi connectivity index (χ1v) is 8.58. The van der Waals surface area contributed by atoms with Crippen molar-refractivity contribution in [3.8, 4) is 10.4 Å². The average Bonchev–Trinajstić information content (AvgIpc) is 3.24. The number of carbonyl (C=O) groups is 1. The second kappa shape index (κ2) is 5.48. The van der Waals surface area contributed by atoms with Gasteiger partial charge in [-0.1, -0.05) is 24.3 Å². The smallest absolute Gasteiger partial charge is 0.280 e. The predicted molar refractivity (Wildman–Crippen MR) is 88.1 cm³/mol. The van der Waals surface area contributed by atoms with Crippen LogP contribution in [0.4, 0.5) is 0 Å². The predicted octanol–water partition coefficient (Wildman–Crippen LogP) is 2.60. The van der Waals surface area contributed by atoms with Crippen molar-refractivity contribution < 1.29 is 4.79 Å². The fraction of sp³-hybridized carbons (Fsp3) is 0.412. The van der Waals surface area contributed by atoms with Crippen LogP contribution in [-0.4, -0.2) is 29.5 Å². The SMILES string of the molecule is Cc1ccccc1-c1cnc(C(=O)NC2CC3CC2CN3)s1. The van der Waals surface area contributed by atoms with Gasteiger partial charge in [-0.2, -0.15) is 0 Å². The number of hydrogen-bond acceptors (Lipinski definition) is 4. The molecular weight excluding hydrogens is 294 g/mol. The molecule has 1 aromatic heterocycles. The third kappa shape index (κ3) is 2.44. The monoisotopic (exact) mass is 313 g/mol. The highest BCUT2D eigenvalue weighted by atomic mass is 32.1. The molecule has 1 saturated carbocycles. The minimum atomic E-state index is -0.0256. The summed E-state index contributed by atoms with van der Waals surface area (Å²) in [6.07, 6.45) is 4.05. The normalized spacial score (nSPS) is 26.3. The van der Waals surface area contributed by atoms with Crippen LogP contribution < -0.4 is 10.6 Å². The lowest BCUT2D eigenvalue weighted by Gasteiger charge is -2.22. The van der Waals surface area contributed by atoms with Crippen LogP contribution in [-0.2, 0) is 0 Å². The maximum absolute atomic E-state index is 12.4. The second-order valence-electron chi connectivity index (χ2n) is 6.26. The topological polar surface area (TPSA) is 54.0 Å². The van der Waals surface area contributed by atoms with Crippen molar-refractivity contribution in [3.05, 3.63) is 41.0 Å². The zero-order valence-corrected chi connectivity index (χ0v) is 13.3. The molecule has 2 heterocycles. The molecule has 22 heavy (non-hydrogen) atoms. The van der Waals surface area contributed by atoms with Crippen molar-refractivity contribution in [1.82, 2.24) is 15.6 Å². The summed E-state index contributed by atoms with van der Waals surface area (Å²) >= 11 is 1.47. The van der Waals surface area contributed by atoms with Gasteiger partial charge in [0.1, 0.15) is 0 Å². The van der Waals surface area contributed by atoms with E-state index in [1.807, 2.05) is 18.3 Å². The number of rotatable bonds is 3. The summed E-state index contributed by atoms with van der Waals surface area (Å²) in [7, 11) is 0. The van der Waals surface area contributed by atoms with Crippen molar-refractivity contribution in [1.29, 1.82) is 0 Å². The minimum absolute atomic E-state index is 0.0256. The molecule has 0 radical (unpaired) electrons. The van der Waals surface area contributed by atoms with Gasteiger partial charge >= 0.3 is 0 Å². The zero-order valence-electron chi connectivity index (χ0n) is 12.5. The number of amides is 1. The van der Waals surface area contributed by atoms with Gasteiger partial charge in [0.15, 0.2) is 5.01 Å². The lowest BCUT2D eigenvalue weighted by molar-refractivity contribution is 0.0924. The molecule has 4 nitrogen and oxygen atoms in total. The molecular formula is C17H19N3OS. The van der Waals surface area contributed by atoms with Crippen LogP contribution in [0.15, 0.2) is 30.5 Å². The molecule has 4 rings (SSSR count). The van der Waals surface area contributed by atoms with E-state index >= 15 is 0 Å². The number of nitrogens with one attached hydrogen (secondary N) is 2. The Hall–Kier alpha value is -1.72. The number of fused-ring (bicyclic) bond motifs is 2. The van der Waals surface area contributed by atoms with Gasteiger partial charge in [-0.15, -0.1) is 11.3 Å². The van der Waals surface area contributed by atoms with Gasteiger partial charge in [-0.3, -0.25) is 4.79 Å². The number of benzene rings is 1. The van der Waals surface area contributed by atoms with E-state index in [0.29, 0.717) is 23.0 Å². The molecule has 1 amide bonds. The van der Waals surface area contributed by atoms with Crippen LogP contribution in [0.1, 0.15) is 28.2 Å². The number of piperidine rings is 1. The first-order valence-electron chi connectivity index (χ1n) is 7.77. The minimum Gasteiger partial charge on any atom is -0.347 e. The molecule has 3 atom stereocenters.